The van der Waals surface area contributed by atoms with Crippen LogP contribution < -0.4 is 20.1 Å². The fraction of sp³-hybridized carbons (Fsp3) is 0.667. The topological polar surface area (TPSA) is 64.1 Å². The molecule has 0 amide bonds. The van der Waals surface area contributed by atoms with Crippen molar-refractivity contribution < 1.29 is 14.2 Å². The number of benzene rings is 1. The van der Waals surface area contributed by atoms with Crippen LogP contribution in [0.2, 0.25) is 0 Å². The smallest absolute Gasteiger partial charge is 0.191 e. The maximum atomic E-state index is 5.96. The Bertz CT molecular complexity index is 572. The molecule has 2 rings (SSSR count). The summed E-state index contributed by atoms with van der Waals surface area (Å²) in [5.74, 6) is 2.31. The molecular formula is C21H35N3O3. The van der Waals surface area contributed by atoms with Gasteiger partial charge in [-0.3, -0.25) is 4.99 Å². The second kappa shape index (κ2) is 12.4. The van der Waals surface area contributed by atoms with Gasteiger partial charge in [0.05, 0.1) is 19.8 Å². The first-order chi connectivity index (χ1) is 13.3. The molecule has 1 fully saturated rings. The van der Waals surface area contributed by atoms with E-state index in [2.05, 4.69) is 15.6 Å². The Morgan fingerprint density at radius 3 is 2.67 bits per heavy atom. The number of nitrogens with zero attached hydrogens (tertiary/aromatic N) is 1. The Morgan fingerprint density at radius 1 is 1.15 bits per heavy atom. The lowest BCUT2D eigenvalue weighted by molar-refractivity contribution is 0.0277. The molecule has 0 bridgehead atoms. The van der Waals surface area contributed by atoms with Crippen molar-refractivity contribution in [2.24, 2.45) is 4.99 Å². The quantitative estimate of drug-likeness (QED) is 0.371. The summed E-state index contributed by atoms with van der Waals surface area (Å²) in [6.45, 7) is 4.91. The molecule has 1 aromatic carbocycles. The van der Waals surface area contributed by atoms with Crippen molar-refractivity contribution in [2.75, 3.05) is 33.9 Å². The van der Waals surface area contributed by atoms with Crippen LogP contribution in [0.4, 0.5) is 0 Å². The van der Waals surface area contributed by atoms with Gasteiger partial charge in [-0.05, 0) is 43.9 Å². The van der Waals surface area contributed by atoms with E-state index in [1.807, 2.05) is 25.1 Å². The molecule has 0 aliphatic heterocycles. The lowest BCUT2D eigenvalue weighted by atomic mass is 9.98. The molecule has 6 nitrogen and oxygen atoms in total. The summed E-state index contributed by atoms with van der Waals surface area (Å²) >= 11 is 0. The minimum atomic E-state index is 0.478. The zero-order valence-electron chi connectivity index (χ0n) is 17.1. The molecule has 0 aromatic heterocycles. The average molecular weight is 378 g/mol. The molecule has 27 heavy (non-hydrogen) atoms. The molecule has 1 saturated carbocycles. The van der Waals surface area contributed by atoms with Crippen molar-refractivity contribution in [3.8, 4) is 11.5 Å². The summed E-state index contributed by atoms with van der Waals surface area (Å²) in [6, 6.07) is 5.97. The second-order valence-electron chi connectivity index (χ2n) is 6.76. The third-order valence-corrected chi connectivity index (χ3v) is 4.73. The fourth-order valence-corrected chi connectivity index (χ4v) is 3.26. The Balaban J connectivity index is 1.67. The van der Waals surface area contributed by atoms with Crippen molar-refractivity contribution in [1.82, 2.24) is 10.6 Å². The summed E-state index contributed by atoms with van der Waals surface area (Å²) in [6.07, 6.45) is 7.90. The van der Waals surface area contributed by atoms with Crippen LogP contribution in [0.3, 0.4) is 0 Å². The second-order valence-corrected chi connectivity index (χ2v) is 6.76. The first kappa shape index (κ1) is 21.4. The third kappa shape index (κ3) is 7.67. The van der Waals surface area contributed by atoms with Crippen molar-refractivity contribution in [2.45, 2.75) is 58.1 Å². The molecule has 152 valence electrons. The molecule has 0 unspecified atom stereocenters. The maximum absolute atomic E-state index is 5.96. The zero-order valence-corrected chi connectivity index (χ0v) is 17.1. The van der Waals surface area contributed by atoms with Gasteiger partial charge in [0.15, 0.2) is 17.5 Å². The molecule has 1 aliphatic carbocycles. The van der Waals surface area contributed by atoms with Crippen LogP contribution in [-0.4, -0.2) is 46.0 Å². The Morgan fingerprint density at radius 2 is 1.96 bits per heavy atom. The highest BCUT2D eigenvalue weighted by molar-refractivity contribution is 5.79. The number of nitrogens with one attached hydrogen (secondary N) is 2. The Labute approximate surface area is 163 Å². The maximum Gasteiger partial charge on any atom is 0.191 e. The van der Waals surface area contributed by atoms with Gasteiger partial charge in [0, 0.05) is 26.7 Å². The van der Waals surface area contributed by atoms with Gasteiger partial charge in [-0.2, -0.15) is 0 Å². The van der Waals surface area contributed by atoms with Gasteiger partial charge >= 0.3 is 0 Å². The molecular weight excluding hydrogens is 342 g/mol. The van der Waals surface area contributed by atoms with Gasteiger partial charge in [0.2, 0.25) is 0 Å². The van der Waals surface area contributed by atoms with E-state index in [-0.39, 0.29) is 0 Å². The number of ether oxygens (including phenoxy) is 3. The lowest BCUT2D eigenvalue weighted by Crippen LogP contribution is -2.37. The largest absolute Gasteiger partial charge is 0.493 e. The normalized spacial score (nSPS) is 15.4. The highest BCUT2D eigenvalue weighted by Crippen LogP contribution is 2.27. The van der Waals surface area contributed by atoms with E-state index in [9.17, 15) is 0 Å². The van der Waals surface area contributed by atoms with E-state index in [1.165, 1.54) is 32.1 Å². The lowest BCUT2D eigenvalue weighted by Gasteiger charge is -2.22. The summed E-state index contributed by atoms with van der Waals surface area (Å²) in [4.78, 5) is 4.28. The van der Waals surface area contributed by atoms with Crippen molar-refractivity contribution >= 4 is 5.96 Å². The van der Waals surface area contributed by atoms with Crippen molar-refractivity contribution in [1.29, 1.82) is 0 Å². The Kier molecular flexibility index (Phi) is 9.84. The van der Waals surface area contributed by atoms with Crippen LogP contribution in [0.25, 0.3) is 0 Å². The summed E-state index contributed by atoms with van der Waals surface area (Å²) in [7, 11) is 3.44. The number of methoxy groups -OCH3 is 1. The highest BCUT2D eigenvalue weighted by atomic mass is 16.5. The van der Waals surface area contributed by atoms with Crippen molar-refractivity contribution in [3.05, 3.63) is 23.8 Å². The first-order valence-electron chi connectivity index (χ1n) is 10.1. The number of aliphatic imine (C=N–C) groups is 1. The van der Waals surface area contributed by atoms with Gasteiger partial charge < -0.3 is 24.8 Å². The van der Waals surface area contributed by atoms with Crippen LogP contribution >= 0.6 is 0 Å². The first-order valence-corrected chi connectivity index (χ1v) is 10.1. The standard InChI is InChI=1S/C21H35N3O3/c1-4-26-19-12-11-17(15-20(19)25-3)16-24-21(22-2)23-13-8-14-27-18-9-6-5-7-10-18/h11-12,15,18H,4-10,13-14,16H2,1-3H3,(H2,22,23,24). The number of hydrogen-bond acceptors (Lipinski definition) is 4. The molecule has 0 spiro atoms. The van der Waals surface area contributed by atoms with E-state index >= 15 is 0 Å². The third-order valence-electron chi connectivity index (χ3n) is 4.73. The van der Waals surface area contributed by atoms with Gasteiger partial charge in [-0.1, -0.05) is 25.3 Å². The van der Waals surface area contributed by atoms with E-state index in [1.54, 1.807) is 14.2 Å². The van der Waals surface area contributed by atoms with Gasteiger partial charge in [0.25, 0.3) is 0 Å². The van der Waals surface area contributed by atoms with E-state index < -0.39 is 0 Å². The van der Waals surface area contributed by atoms with Crippen LogP contribution in [0.5, 0.6) is 11.5 Å². The summed E-state index contributed by atoms with van der Waals surface area (Å²) in [5.41, 5.74) is 1.11. The van der Waals surface area contributed by atoms with Crippen LogP contribution in [0.1, 0.15) is 51.0 Å². The fourth-order valence-electron chi connectivity index (χ4n) is 3.26. The van der Waals surface area contributed by atoms with Crippen molar-refractivity contribution in [3.63, 3.8) is 0 Å². The molecule has 1 aliphatic rings. The minimum absolute atomic E-state index is 0.478. The van der Waals surface area contributed by atoms with Gasteiger partial charge in [-0.15, -0.1) is 0 Å². The molecule has 6 heteroatoms. The highest BCUT2D eigenvalue weighted by Gasteiger charge is 2.13. The molecule has 2 N–H and O–H groups in total. The van der Waals surface area contributed by atoms with Crippen LogP contribution in [0.15, 0.2) is 23.2 Å². The Hall–Kier alpha value is -1.95. The number of rotatable bonds is 10. The summed E-state index contributed by atoms with van der Waals surface area (Å²) < 4.78 is 16.9. The van der Waals surface area contributed by atoms with Gasteiger partial charge in [0.1, 0.15) is 0 Å². The van der Waals surface area contributed by atoms with E-state index in [4.69, 9.17) is 14.2 Å². The average Bonchev–Trinajstić information content (AvgIpc) is 2.71. The predicted octanol–water partition coefficient (Wildman–Crippen LogP) is 3.50. The minimum Gasteiger partial charge on any atom is -0.493 e. The zero-order chi connectivity index (χ0) is 19.3. The monoisotopic (exact) mass is 377 g/mol. The molecule has 1 aromatic rings. The van der Waals surface area contributed by atoms with E-state index in [0.717, 1.165) is 42.6 Å². The van der Waals surface area contributed by atoms with Gasteiger partial charge in [-0.25, -0.2) is 0 Å². The molecule has 0 radical (unpaired) electrons. The number of hydrogen-bond donors (Lipinski definition) is 2. The van der Waals surface area contributed by atoms with Crippen LogP contribution in [0, 0.1) is 0 Å². The SMILES string of the molecule is CCOc1ccc(CNC(=NC)NCCCOC2CCCCC2)cc1OC. The molecule has 0 heterocycles. The molecule has 0 atom stereocenters. The predicted molar refractivity (Wildman–Crippen MR) is 110 cm³/mol. The molecule has 0 saturated heterocycles. The number of guanidine groups is 1. The van der Waals surface area contributed by atoms with Crippen LogP contribution in [-0.2, 0) is 11.3 Å². The van der Waals surface area contributed by atoms with E-state index in [0.29, 0.717) is 19.3 Å². The summed E-state index contributed by atoms with van der Waals surface area (Å²) in [5, 5.41) is 6.67.